The Labute approximate surface area is 210 Å². The second-order valence-electron chi connectivity index (χ2n) is 8.86. The summed E-state index contributed by atoms with van der Waals surface area (Å²) >= 11 is 0. The minimum atomic E-state index is -4.60. The molecule has 11 nitrogen and oxygen atoms in total. The smallest absolute Gasteiger partial charge is 0.403 e. The van der Waals surface area contributed by atoms with E-state index in [-0.39, 0.29) is 30.0 Å². The van der Waals surface area contributed by atoms with E-state index in [2.05, 4.69) is 15.3 Å². The molecular formula is C23H27F3N6O5. The zero-order valence-corrected chi connectivity index (χ0v) is 19.7. The maximum Gasteiger partial charge on any atom is 0.403 e. The number of hydrogen-bond donors (Lipinski definition) is 4. The van der Waals surface area contributed by atoms with Crippen LogP contribution in [0.2, 0.25) is 0 Å². The van der Waals surface area contributed by atoms with Gasteiger partial charge >= 0.3 is 12.2 Å². The standard InChI is InChI=1S/C23H27F3N6O5/c24-23(25,26)19(27)4-3-18(35)16-1-2-17-21(29-16)32(13-6-8-31(17)10-13)22(36)30-20-9-15(5-7-28-20)37-12-14(34)11-33/h1-2,5,7,9,13-14,19,33-34H,3-4,6,8,10-12,27H2,(H,28,30,36)/t13-,14+,19?/m0/s1. The van der Waals surface area contributed by atoms with Crippen molar-refractivity contribution in [2.75, 3.05) is 41.4 Å². The first kappa shape index (κ1) is 26.6. The van der Waals surface area contributed by atoms with Gasteiger partial charge < -0.3 is 25.6 Å². The lowest BCUT2D eigenvalue weighted by Gasteiger charge is -2.35. The lowest BCUT2D eigenvalue weighted by atomic mass is 10.1. The van der Waals surface area contributed by atoms with E-state index >= 15 is 0 Å². The third-order valence-corrected chi connectivity index (χ3v) is 6.18. The zero-order chi connectivity index (χ0) is 26.7. The molecule has 4 rings (SSSR count). The molecule has 2 aliphatic heterocycles. The van der Waals surface area contributed by atoms with Gasteiger partial charge in [-0.2, -0.15) is 13.2 Å². The van der Waals surface area contributed by atoms with Crippen molar-refractivity contribution >= 4 is 29.1 Å². The average molecular weight is 525 g/mol. The van der Waals surface area contributed by atoms with Crippen LogP contribution in [0, 0.1) is 0 Å². The van der Waals surface area contributed by atoms with Crippen molar-refractivity contribution in [3.63, 3.8) is 0 Å². The molecule has 2 bridgehead atoms. The van der Waals surface area contributed by atoms with E-state index in [1.165, 1.54) is 29.3 Å². The molecule has 2 aromatic rings. The summed E-state index contributed by atoms with van der Waals surface area (Å²) in [5, 5.41) is 21.1. The summed E-state index contributed by atoms with van der Waals surface area (Å²) in [4.78, 5) is 37.9. The molecule has 1 saturated heterocycles. The molecule has 4 heterocycles. The SMILES string of the molecule is NC(CCC(=O)c1ccc2c(n1)N(C(=O)Nc1cc(OC[C@H](O)CO)ccn1)[C@H]1CCN2C1)C(F)(F)F. The number of ketones is 1. The van der Waals surface area contributed by atoms with E-state index in [4.69, 9.17) is 15.6 Å². The van der Waals surface area contributed by atoms with E-state index in [9.17, 15) is 27.9 Å². The van der Waals surface area contributed by atoms with Gasteiger partial charge in [-0.1, -0.05) is 0 Å². The summed E-state index contributed by atoms with van der Waals surface area (Å²) in [5.41, 5.74) is 5.70. The summed E-state index contributed by atoms with van der Waals surface area (Å²) < 4.78 is 43.5. The van der Waals surface area contributed by atoms with Gasteiger partial charge in [0.05, 0.1) is 18.3 Å². The molecule has 37 heavy (non-hydrogen) atoms. The highest BCUT2D eigenvalue weighted by atomic mass is 19.4. The number of aliphatic hydroxyl groups is 2. The Kier molecular flexibility index (Phi) is 7.80. The van der Waals surface area contributed by atoms with Gasteiger partial charge in [0.25, 0.3) is 0 Å². The molecule has 200 valence electrons. The molecular weight excluding hydrogens is 497 g/mol. The molecule has 2 aromatic heterocycles. The van der Waals surface area contributed by atoms with Crippen LogP contribution in [0.3, 0.4) is 0 Å². The quantitative estimate of drug-likeness (QED) is 0.359. The Morgan fingerprint density at radius 3 is 2.81 bits per heavy atom. The second kappa shape index (κ2) is 10.9. The molecule has 0 aromatic carbocycles. The number of amides is 2. The highest BCUT2D eigenvalue weighted by molar-refractivity contribution is 6.05. The third kappa shape index (κ3) is 6.09. The Morgan fingerprint density at radius 2 is 2.08 bits per heavy atom. The maximum atomic E-state index is 13.3. The lowest BCUT2D eigenvalue weighted by molar-refractivity contribution is -0.148. The number of nitrogens with two attached hydrogens (primary N) is 1. The monoisotopic (exact) mass is 524 g/mol. The number of Topliss-reactive ketones (excluding diaryl/α,β-unsaturated/α-hetero) is 1. The number of aliphatic hydroxyl groups excluding tert-OH is 2. The van der Waals surface area contributed by atoms with Gasteiger partial charge in [0, 0.05) is 31.8 Å². The van der Waals surface area contributed by atoms with Crippen molar-refractivity contribution in [3.8, 4) is 5.75 Å². The van der Waals surface area contributed by atoms with Crippen LogP contribution in [0.15, 0.2) is 30.5 Å². The summed E-state index contributed by atoms with van der Waals surface area (Å²) in [6.07, 6.45) is -4.61. The van der Waals surface area contributed by atoms with E-state index in [0.29, 0.717) is 30.9 Å². The van der Waals surface area contributed by atoms with Crippen molar-refractivity contribution in [2.45, 2.75) is 43.6 Å². The fourth-order valence-corrected chi connectivity index (χ4v) is 4.19. The first-order valence-electron chi connectivity index (χ1n) is 11.7. The minimum Gasteiger partial charge on any atom is -0.491 e. The van der Waals surface area contributed by atoms with Gasteiger partial charge in [-0.3, -0.25) is 15.0 Å². The van der Waals surface area contributed by atoms with Crippen LogP contribution in [-0.2, 0) is 0 Å². The van der Waals surface area contributed by atoms with E-state index in [0.717, 1.165) is 0 Å². The molecule has 14 heteroatoms. The summed E-state index contributed by atoms with van der Waals surface area (Å²) in [6.45, 7) is 0.616. The number of fused-ring (bicyclic) bond motifs is 4. The summed E-state index contributed by atoms with van der Waals surface area (Å²) in [6, 6.07) is 3.16. The number of anilines is 3. The van der Waals surface area contributed by atoms with Gasteiger partial charge in [-0.05, 0) is 31.0 Å². The molecule has 2 amide bonds. The van der Waals surface area contributed by atoms with E-state index < -0.39 is 49.6 Å². The number of pyridine rings is 2. The normalized spacial score (nSPS) is 18.3. The van der Waals surface area contributed by atoms with Gasteiger partial charge in [-0.15, -0.1) is 0 Å². The number of nitrogens with zero attached hydrogens (tertiary/aromatic N) is 4. The number of rotatable bonds is 9. The zero-order valence-electron chi connectivity index (χ0n) is 19.7. The highest BCUT2D eigenvalue weighted by Crippen LogP contribution is 2.39. The lowest BCUT2D eigenvalue weighted by Crippen LogP contribution is -2.48. The molecule has 2 aliphatic rings. The molecule has 0 saturated carbocycles. The van der Waals surface area contributed by atoms with Crippen LogP contribution in [0.25, 0.3) is 0 Å². The van der Waals surface area contributed by atoms with Crippen LogP contribution < -0.4 is 25.6 Å². The number of carbonyl (C=O) groups is 2. The Hall–Kier alpha value is -3.49. The summed E-state index contributed by atoms with van der Waals surface area (Å²) in [5.74, 6) is 0.103. The minimum absolute atomic E-state index is 0.0515. The fraction of sp³-hybridized carbons (Fsp3) is 0.478. The maximum absolute atomic E-state index is 13.3. The second-order valence-corrected chi connectivity index (χ2v) is 8.86. The van der Waals surface area contributed by atoms with Gasteiger partial charge in [-0.25, -0.2) is 14.8 Å². The molecule has 1 unspecified atom stereocenters. The molecule has 0 spiro atoms. The first-order chi connectivity index (χ1) is 17.6. The van der Waals surface area contributed by atoms with Crippen LogP contribution in [0.5, 0.6) is 5.75 Å². The van der Waals surface area contributed by atoms with Crippen molar-refractivity contribution in [2.24, 2.45) is 5.73 Å². The molecule has 1 fully saturated rings. The van der Waals surface area contributed by atoms with Gasteiger partial charge in [0.15, 0.2) is 11.6 Å². The number of halogens is 3. The van der Waals surface area contributed by atoms with Gasteiger partial charge in [0.2, 0.25) is 0 Å². The van der Waals surface area contributed by atoms with Gasteiger partial charge in [0.1, 0.15) is 36.0 Å². The number of alkyl halides is 3. The van der Waals surface area contributed by atoms with Crippen molar-refractivity contribution in [1.29, 1.82) is 0 Å². The molecule has 5 N–H and O–H groups in total. The Balaban J connectivity index is 1.51. The summed E-state index contributed by atoms with van der Waals surface area (Å²) in [7, 11) is 0. The van der Waals surface area contributed by atoms with E-state index in [1.54, 1.807) is 6.07 Å². The number of nitrogens with one attached hydrogen (secondary N) is 1. The highest BCUT2D eigenvalue weighted by Gasteiger charge is 2.41. The topological polar surface area (TPSA) is 154 Å². The van der Waals surface area contributed by atoms with Crippen LogP contribution >= 0.6 is 0 Å². The number of aromatic nitrogens is 2. The van der Waals surface area contributed by atoms with Crippen LogP contribution in [0.4, 0.5) is 35.3 Å². The number of carbonyl (C=O) groups excluding carboxylic acids is 2. The van der Waals surface area contributed by atoms with Crippen molar-refractivity contribution < 1.29 is 37.7 Å². The van der Waals surface area contributed by atoms with Crippen molar-refractivity contribution in [1.82, 2.24) is 9.97 Å². The third-order valence-electron chi connectivity index (χ3n) is 6.18. The largest absolute Gasteiger partial charge is 0.491 e. The predicted octanol–water partition coefficient (Wildman–Crippen LogP) is 1.69. The fourth-order valence-electron chi connectivity index (χ4n) is 4.19. The molecule has 3 atom stereocenters. The number of urea groups is 1. The average Bonchev–Trinajstić information content (AvgIpc) is 3.29. The first-order valence-corrected chi connectivity index (χ1v) is 11.7. The number of ether oxygens (including phenoxy) is 1. The Bertz CT molecular complexity index is 1150. The molecule has 0 radical (unpaired) electrons. The Morgan fingerprint density at radius 1 is 1.30 bits per heavy atom. The predicted molar refractivity (Wildman–Crippen MR) is 127 cm³/mol. The van der Waals surface area contributed by atoms with E-state index in [1.807, 2.05) is 4.90 Å². The van der Waals surface area contributed by atoms with Crippen LogP contribution in [0.1, 0.15) is 29.8 Å². The number of hydrogen-bond acceptors (Lipinski definition) is 9. The van der Waals surface area contributed by atoms with Crippen LogP contribution in [-0.4, -0.2) is 82.7 Å². The van der Waals surface area contributed by atoms with Crippen molar-refractivity contribution in [3.05, 3.63) is 36.2 Å². The molecule has 0 aliphatic carbocycles.